The van der Waals surface area contributed by atoms with E-state index in [0.29, 0.717) is 65.3 Å². The molecule has 0 saturated carbocycles. The molecule has 3 fully saturated rings. The van der Waals surface area contributed by atoms with E-state index < -0.39 is 9.84 Å². The fourth-order valence-corrected chi connectivity index (χ4v) is 5.37. The molecule has 24 heavy (non-hydrogen) atoms. The molecule has 3 aliphatic rings. The van der Waals surface area contributed by atoms with Crippen LogP contribution < -0.4 is 0 Å². The van der Waals surface area contributed by atoms with Gasteiger partial charge in [0.15, 0.2) is 9.84 Å². The molecule has 0 aromatic carbocycles. The predicted molar refractivity (Wildman–Crippen MR) is 87.3 cm³/mol. The molecule has 3 amide bonds. The Kier molecular flexibility index (Phi) is 5.29. The molecule has 0 radical (unpaired) electrons. The molecule has 0 bridgehead atoms. The summed E-state index contributed by atoms with van der Waals surface area (Å²) in [7, 11) is -2.94. The van der Waals surface area contributed by atoms with Gasteiger partial charge in [-0.1, -0.05) is 0 Å². The summed E-state index contributed by atoms with van der Waals surface area (Å²) in [5, 5.41) is 0. The highest BCUT2D eigenvalue weighted by Gasteiger charge is 2.32. The minimum absolute atomic E-state index is 0.00979. The smallest absolute Gasteiger partial charge is 0.320 e. The molecule has 0 N–H and O–H groups in total. The highest BCUT2D eigenvalue weighted by Crippen LogP contribution is 2.22. The normalized spacial score (nSPS) is 27.3. The highest BCUT2D eigenvalue weighted by molar-refractivity contribution is 7.91. The summed E-state index contributed by atoms with van der Waals surface area (Å²) >= 11 is 0. The third-order valence-electron chi connectivity index (χ3n) is 4.97. The Bertz CT molecular complexity index is 580. The van der Waals surface area contributed by atoms with Crippen molar-refractivity contribution < 1.29 is 22.7 Å². The lowest BCUT2D eigenvalue weighted by Gasteiger charge is -2.38. The largest absolute Gasteiger partial charge is 0.378 e. The maximum atomic E-state index is 12.4. The van der Waals surface area contributed by atoms with Crippen LogP contribution in [-0.4, -0.2) is 99.0 Å². The van der Waals surface area contributed by atoms with Gasteiger partial charge in [-0.3, -0.25) is 4.79 Å². The fraction of sp³-hybridized carbons (Fsp3) is 0.867. The Labute approximate surface area is 142 Å². The number of hydrogen-bond donors (Lipinski definition) is 0. The lowest BCUT2D eigenvalue weighted by atomic mass is 10.0. The molecule has 0 aromatic heterocycles. The lowest BCUT2D eigenvalue weighted by molar-refractivity contribution is -0.133. The van der Waals surface area contributed by atoms with E-state index in [9.17, 15) is 18.0 Å². The number of sulfone groups is 1. The summed E-state index contributed by atoms with van der Waals surface area (Å²) in [6, 6.07) is 0.0206. The summed E-state index contributed by atoms with van der Waals surface area (Å²) in [5.74, 6) is 0.298. The van der Waals surface area contributed by atoms with Gasteiger partial charge < -0.3 is 19.4 Å². The average Bonchev–Trinajstić information content (AvgIpc) is 2.93. The van der Waals surface area contributed by atoms with Gasteiger partial charge in [0.05, 0.1) is 24.7 Å². The first-order chi connectivity index (χ1) is 11.4. The minimum atomic E-state index is -2.94. The van der Waals surface area contributed by atoms with Crippen LogP contribution in [0.15, 0.2) is 0 Å². The molecule has 0 aliphatic carbocycles. The number of rotatable bonds is 2. The molecule has 1 unspecified atom stereocenters. The van der Waals surface area contributed by atoms with Crippen LogP contribution in [0.1, 0.15) is 12.8 Å². The van der Waals surface area contributed by atoms with Crippen molar-refractivity contribution in [3.63, 3.8) is 0 Å². The van der Waals surface area contributed by atoms with Crippen LogP contribution in [0.5, 0.6) is 0 Å². The zero-order valence-electron chi connectivity index (χ0n) is 13.9. The maximum absolute atomic E-state index is 12.4. The molecule has 3 aliphatic heterocycles. The lowest BCUT2D eigenvalue weighted by Crippen LogP contribution is -2.55. The molecule has 0 spiro atoms. The molecule has 3 heterocycles. The SMILES string of the molecule is O=C(CC1CCS(=O)(=O)C1)N1CCN(C(=O)N2CCOCC2)CC1. The van der Waals surface area contributed by atoms with E-state index >= 15 is 0 Å². The van der Waals surface area contributed by atoms with Crippen molar-refractivity contribution in [1.29, 1.82) is 0 Å². The molecular weight excluding hydrogens is 334 g/mol. The summed E-state index contributed by atoms with van der Waals surface area (Å²) in [6.07, 6.45) is 0.889. The van der Waals surface area contributed by atoms with Crippen LogP contribution in [0.2, 0.25) is 0 Å². The quantitative estimate of drug-likeness (QED) is 0.658. The molecule has 136 valence electrons. The number of morpholine rings is 1. The van der Waals surface area contributed by atoms with Crippen molar-refractivity contribution in [2.75, 3.05) is 64.0 Å². The number of amides is 3. The van der Waals surface area contributed by atoms with Crippen LogP contribution in [0.4, 0.5) is 4.79 Å². The zero-order chi connectivity index (χ0) is 17.2. The van der Waals surface area contributed by atoms with Gasteiger partial charge in [-0.2, -0.15) is 0 Å². The van der Waals surface area contributed by atoms with Gasteiger partial charge in [0.2, 0.25) is 5.91 Å². The molecule has 9 heteroatoms. The van der Waals surface area contributed by atoms with Gasteiger partial charge in [-0.15, -0.1) is 0 Å². The number of carbonyl (C=O) groups is 2. The number of ether oxygens (including phenoxy) is 1. The van der Waals surface area contributed by atoms with Crippen molar-refractivity contribution in [2.24, 2.45) is 5.92 Å². The van der Waals surface area contributed by atoms with Crippen molar-refractivity contribution in [3.05, 3.63) is 0 Å². The van der Waals surface area contributed by atoms with Crippen LogP contribution in [0.25, 0.3) is 0 Å². The third kappa shape index (κ3) is 4.18. The Morgan fingerprint density at radius 2 is 1.50 bits per heavy atom. The number of carbonyl (C=O) groups excluding carboxylic acids is 2. The van der Waals surface area contributed by atoms with E-state index in [1.54, 1.807) is 14.7 Å². The highest BCUT2D eigenvalue weighted by atomic mass is 32.2. The topological polar surface area (TPSA) is 87.2 Å². The van der Waals surface area contributed by atoms with E-state index in [-0.39, 0.29) is 29.4 Å². The van der Waals surface area contributed by atoms with E-state index in [0.717, 1.165) is 0 Å². The predicted octanol–water partition coefficient (Wildman–Crippen LogP) is -0.592. The Morgan fingerprint density at radius 3 is 2.08 bits per heavy atom. The van der Waals surface area contributed by atoms with Crippen LogP contribution in [0.3, 0.4) is 0 Å². The zero-order valence-corrected chi connectivity index (χ0v) is 14.7. The first kappa shape index (κ1) is 17.5. The Balaban J connectivity index is 1.44. The second-order valence-electron chi connectivity index (χ2n) is 6.72. The van der Waals surface area contributed by atoms with E-state index in [1.165, 1.54) is 0 Å². The summed E-state index contributed by atoms with van der Waals surface area (Å²) in [5.41, 5.74) is 0. The molecule has 0 aromatic rings. The van der Waals surface area contributed by atoms with Crippen LogP contribution in [-0.2, 0) is 19.4 Å². The van der Waals surface area contributed by atoms with Crippen LogP contribution in [0, 0.1) is 5.92 Å². The minimum Gasteiger partial charge on any atom is -0.378 e. The average molecular weight is 359 g/mol. The fourth-order valence-electron chi connectivity index (χ4n) is 3.51. The van der Waals surface area contributed by atoms with Crippen molar-refractivity contribution >= 4 is 21.8 Å². The second-order valence-corrected chi connectivity index (χ2v) is 8.95. The number of hydrogen-bond acceptors (Lipinski definition) is 5. The van der Waals surface area contributed by atoms with Gasteiger partial charge in [0, 0.05) is 45.7 Å². The second kappa shape index (κ2) is 7.26. The standard InChI is InChI=1S/C15H25N3O5S/c19-14(11-13-1-10-24(21,22)12-13)16-2-4-17(5-3-16)15(20)18-6-8-23-9-7-18/h13H,1-12H2. The van der Waals surface area contributed by atoms with E-state index in [4.69, 9.17) is 4.74 Å². The first-order valence-corrected chi connectivity index (χ1v) is 10.4. The number of piperazine rings is 1. The number of urea groups is 1. The van der Waals surface area contributed by atoms with E-state index in [1.807, 2.05) is 0 Å². The monoisotopic (exact) mass is 359 g/mol. The van der Waals surface area contributed by atoms with Gasteiger partial charge >= 0.3 is 6.03 Å². The van der Waals surface area contributed by atoms with Gasteiger partial charge in [-0.05, 0) is 12.3 Å². The molecule has 1 atom stereocenters. The molecule has 8 nitrogen and oxygen atoms in total. The Morgan fingerprint density at radius 1 is 0.917 bits per heavy atom. The number of nitrogens with zero attached hydrogens (tertiary/aromatic N) is 3. The molecular formula is C15H25N3O5S. The van der Waals surface area contributed by atoms with Crippen LogP contribution >= 0.6 is 0 Å². The third-order valence-corrected chi connectivity index (χ3v) is 6.81. The van der Waals surface area contributed by atoms with E-state index in [2.05, 4.69) is 0 Å². The Hall–Kier alpha value is -1.35. The van der Waals surface area contributed by atoms with Crippen molar-refractivity contribution in [1.82, 2.24) is 14.7 Å². The van der Waals surface area contributed by atoms with Crippen molar-refractivity contribution in [2.45, 2.75) is 12.8 Å². The summed E-state index contributed by atoms with van der Waals surface area (Å²) in [4.78, 5) is 30.1. The van der Waals surface area contributed by atoms with Gasteiger partial charge in [-0.25, -0.2) is 13.2 Å². The van der Waals surface area contributed by atoms with Crippen molar-refractivity contribution in [3.8, 4) is 0 Å². The summed E-state index contributed by atoms with van der Waals surface area (Å²) < 4.78 is 28.2. The molecule has 3 saturated heterocycles. The molecule has 3 rings (SSSR count). The van der Waals surface area contributed by atoms with Gasteiger partial charge in [0.25, 0.3) is 0 Å². The first-order valence-electron chi connectivity index (χ1n) is 8.54. The summed E-state index contributed by atoms with van der Waals surface area (Å²) in [6.45, 7) is 4.50. The van der Waals surface area contributed by atoms with Gasteiger partial charge in [0.1, 0.15) is 0 Å². The maximum Gasteiger partial charge on any atom is 0.320 e.